The van der Waals surface area contributed by atoms with E-state index in [-0.39, 0.29) is 0 Å². The van der Waals surface area contributed by atoms with Gasteiger partial charge in [0.25, 0.3) is 0 Å². The maximum atomic E-state index is 10.4. The fourth-order valence-electron chi connectivity index (χ4n) is 2.39. The van der Waals surface area contributed by atoms with E-state index in [1.807, 2.05) is 11.8 Å². The molecule has 3 rings (SSSR count). The molecule has 0 fully saturated rings. The number of carbonyl (C=O) groups excluding carboxylic acids is 1. The van der Waals surface area contributed by atoms with E-state index in [9.17, 15) is 4.79 Å². The molecule has 0 spiro atoms. The molecule has 1 atom stereocenters. The van der Waals surface area contributed by atoms with Gasteiger partial charge in [-0.25, -0.2) is 0 Å². The number of rotatable bonds is 5. The largest absolute Gasteiger partial charge is 0.493 e. The molecular formula is C19H24N2O3S. The number of ether oxygens (including phenoxy) is 2. The molecule has 0 aromatic heterocycles. The summed E-state index contributed by atoms with van der Waals surface area (Å²) in [5.74, 6) is 1.20. The first-order valence-electron chi connectivity index (χ1n) is 7.91. The highest BCUT2D eigenvalue weighted by atomic mass is 32.2. The van der Waals surface area contributed by atoms with Crippen molar-refractivity contribution >= 4 is 23.7 Å². The number of para-hydroxylation sites is 1. The third kappa shape index (κ3) is 5.41. The molecule has 0 aliphatic carbocycles. The second kappa shape index (κ2) is 9.34. The van der Waals surface area contributed by atoms with E-state index < -0.39 is 0 Å². The highest BCUT2D eigenvalue weighted by Crippen LogP contribution is 2.37. The van der Waals surface area contributed by atoms with Crippen molar-refractivity contribution < 1.29 is 14.3 Å². The van der Waals surface area contributed by atoms with Gasteiger partial charge in [-0.3, -0.25) is 4.79 Å². The van der Waals surface area contributed by atoms with E-state index in [1.165, 1.54) is 17.7 Å². The van der Waals surface area contributed by atoms with E-state index in [1.54, 1.807) is 25.3 Å². The SMILES string of the molecule is CN(C)CC1Nc2ccccc2S1.COc1ccc(C=O)cc1OC. The van der Waals surface area contributed by atoms with Crippen LogP contribution in [0.25, 0.3) is 0 Å². The Morgan fingerprint density at radius 2 is 1.84 bits per heavy atom. The maximum absolute atomic E-state index is 10.4. The number of hydrogen-bond acceptors (Lipinski definition) is 6. The molecule has 1 aliphatic heterocycles. The molecule has 6 heteroatoms. The van der Waals surface area contributed by atoms with Crippen LogP contribution in [0.3, 0.4) is 0 Å². The summed E-state index contributed by atoms with van der Waals surface area (Å²) in [5, 5.41) is 3.99. The van der Waals surface area contributed by atoms with Crippen molar-refractivity contribution in [1.82, 2.24) is 4.90 Å². The lowest BCUT2D eigenvalue weighted by atomic mass is 10.2. The van der Waals surface area contributed by atoms with Crippen molar-refractivity contribution in [3.05, 3.63) is 48.0 Å². The molecule has 0 bridgehead atoms. The zero-order chi connectivity index (χ0) is 18.2. The highest BCUT2D eigenvalue weighted by molar-refractivity contribution is 8.00. The Morgan fingerprint density at radius 1 is 1.12 bits per heavy atom. The molecule has 1 aliphatic rings. The Labute approximate surface area is 153 Å². The molecular weight excluding hydrogens is 336 g/mol. The summed E-state index contributed by atoms with van der Waals surface area (Å²) in [6, 6.07) is 13.5. The lowest BCUT2D eigenvalue weighted by Gasteiger charge is -2.15. The van der Waals surface area contributed by atoms with Crippen LogP contribution < -0.4 is 14.8 Å². The van der Waals surface area contributed by atoms with Gasteiger partial charge in [-0.15, -0.1) is 0 Å². The minimum absolute atomic E-state index is 0.507. The Bertz CT molecular complexity index is 682. The molecule has 1 heterocycles. The van der Waals surface area contributed by atoms with E-state index in [4.69, 9.17) is 9.47 Å². The standard InChI is InChI=1S/C10H14N2S.C9H10O3/c1-12(2)7-10-11-8-5-3-4-6-9(8)13-10;1-11-8-4-3-7(6-10)5-9(8)12-2/h3-6,10-11H,7H2,1-2H3;3-6H,1-2H3. The van der Waals surface area contributed by atoms with E-state index in [0.29, 0.717) is 22.4 Å². The van der Waals surface area contributed by atoms with Crippen LogP contribution >= 0.6 is 11.8 Å². The van der Waals surface area contributed by atoms with Gasteiger partial charge in [-0.1, -0.05) is 23.9 Å². The molecule has 134 valence electrons. The van der Waals surface area contributed by atoms with Gasteiger partial charge in [-0.2, -0.15) is 0 Å². The monoisotopic (exact) mass is 360 g/mol. The number of methoxy groups -OCH3 is 2. The number of nitrogens with one attached hydrogen (secondary N) is 1. The zero-order valence-corrected chi connectivity index (χ0v) is 15.8. The van der Waals surface area contributed by atoms with Crippen molar-refractivity contribution in [2.45, 2.75) is 10.3 Å². The van der Waals surface area contributed by atoms with Gasteiger partial charge in [0.05, 0.1) is 19.6 Å². The lowest BCUT2D eigenvalue weighted by Crippen LogP contribution is -2.26. The number of hydrogen-bond donors (Lipinski definition) is 1. The maximum Gasteiger partial charge on any atom is 0.161 e. The van der Waals surface area contributed by atoms with E-state index >= 15 is 0 Å². The van der Waals surface area contributed by atoms with Gasteiger partial charge in [-0.05, 0) is 44.4 Å². The van der Waals surface area contributed by atoms with Gasteiger partial charge in [0.1, 0.15) is 6.29 Å². The number of thioether (sulfide) groups is 1. The Hall–Kier alpha value is -2.18. The molecule has 1 N–H and O–H groups in total. The number of aldehydes is 1. The van der Waals surface area contributed by atoms with Crippen LogP contribution in [0.5, 0.6) is 11.5 Å². The molecule has 25 heavy (non-hydrogen) atoms. The summed E-state index contributed by atoms with van der Waals surface area (Å²) in [6.07, 6.45) is 0.766. The van der Waals surface area contributed by atoms with Crippen molar-refractivity contribution in [1.29, 1.82) is 0 Å². The molecule has 0 saturated heterocycles. The highest BCUT2D eigenvalue weighted by Gasteiger charge is 2.20. The van der Waals surface area contributed by atoms with Gasteiger partial charge in [0.15, 0.2) is 11.5 Å². The fraction of sp³-hybridized carbons (Fsp3) is 0.316. The Morgan fingerprint density at radius 3 is 2.44 bits per heavy atom. The van der Waals surface area contributed by atoms with Gasteiger partial charge >= 0.3 is 0 Å². The number of likely N-dealkylation sites (N-methyl/N-ethyl adjacent to an activating group) is 1. The van der Waals surface area contributed by atoms with Crippen LogP contribution in [0.15, 0.2) is 47.4 Å². The summed E-state index contributed by atoms with van der Waals surface area (Å²) < 4.78 is 9.99. The average molecular weight is 360 g/mol. The van der Waals surface area contributed by atoms with E-state index in [0.717, 1.165) is 12.8 Å². The summed E-state index contributed by atoms with van der Waals surface area (Å²) in [5.41, 5.74) is 1.85. The number of anilines is 1. The number of nitrogens with zero attached hydrogens (tertiary/aromatic N) is 1. The second-order valence-electron chi connectivity index (χ2n) is 5.74. The lowest BCUT2D eigenvalue weighted by molar-refractivity contribution is 0.112. The Balaban J connectivity index is 0.000000181. The summed E-state index contributed by atoms with van der Waals surface area (Å²) in [7, 11) is 7.29. The average Bonchev–Trinajstić information content (AvgIpc) is 3.03. The van der Waals surface area contributed by atoms with Crippen LogP contribution in [0, 0.1) is 0 Å². The van der Waals surface area contributed by atoms with Crippen LogP contribution in [0.1, 0.15) is 10.4 Å². The summed E-state index contributed by atoms with van der Waals surface area (Å²) >= 11 is 1.91. The minimum Gasteiger partial charge on any atom is -0.493 e. The third-order valence-electron chi connectivity index (χ3n) is 3.55. The molecule has 0 radical (unpaired) electrons. The third-order valence-corrected chi connectivity index (χ3v) is 4.71. The predicted molar refractivity (Wildman–Crippen MR) is 103 cm³/mol. The molecule has 0 saturated carbocycles. The summed E-state index contributed by atoms with van der Waals surface area (Å²) in [4.78, 5) is 14.0. The first-order chi connectivity index (χ1) is 12.1. The van der Waals surface area contributed by atoms with Crippen LogP contribution in [-0.4, -0.2) is 51.4 Å². The van der Waals surface area contributed by atoms with E-state index in [2.05, 4.69) is 48.6 Å². The predicted octanol–water partition coefficient (Wildman–Crippen LogP) is 3.61. The van der Waals surface area contributed by atoms with Crippen LogP contribution in [0.4, 0.5) is 5.69 Å². The zero-order valence-electron chi connectivity index (χ0n) is 15.0. The molecule has 2 aromatic carbocycles. The van der Waals surface area contributed by atoms with Crippen molar-refractivity contribution in [2.75, 3.05) is 40.2 Å². The Kier molecular flexibility index (Phi) is 7.16. The van der Waals surface area contributed by atoms with Crippen molar-refractivity contribution in [3.8, 4) is 11.5 Å². The number of carbonyl (C=O) groups is 1. The first-order valence-corrected chi connectivity index (χ1v) is 8.79. The molecule has 2 aromatic rings. The second-order valence-corrected chi connectivity index (χ2v) is 6.99. The minimum atomic E-state index is 0.507. The van der Waals surface area contributed by atoms with Gasteiger partial charge in [0, 0.05) is 22.7 Å². The van der Waals surface area contributed by atoms with Crippen LogP contribution in [-0.2, 0) is 0 Å². The van der Waals surface area contributed by atoms with Gasteiger partial charge in [0.2, 0.25) is 0 Å². The number of fused-ring (bicyclic) bond motifs is 1. The quantitative estimate of drug-likeness (QED) is 0.822. The summed E-state index contributed by atoms with van der Waals surface area (Å²) in [6.45, 7) is 1.07. The number of benzene rings is 2. The molecule has 5 nitrogen and oxygen atoms in total. The van der Waals surface area contributed by atoms with Crippen molar-refractivity contribution in [2.24, 2.45) is 0 Å². The first kappa shape index (κ1) is 19.1. The molecule has 1 unspecified atom stereocenters. The molecule has 0 amide bonds. The smallest absolute Gasteiger partial charge is 0.161 e. The normalized spacial score (nSPS) is 14.8. The fourth-order valence-corrected chi connectivity index (χ4v) is 3.66. The topological polar surface area (TPSA) is 50.8 Å². The van der Waals surface area contributed by atoms with Crippen molar-refractivity contribution in [3.63, 3.8) is 0 Å². The van der Waals surface area contributed by atoms with Gasteiger partial charge < -0.3 is 19.7 Å². The van der Waals surface area contributed by atoms with Crippen LogP contribution in [0.2, 0.25) is 0 Å².